The smallest absolute Gasteiger partial charge is 0.120 e. The topological polar surface area (TPSA) is 17.1 Å². The molecule has 0 amide bonds. The highest BCUT2D eigenvalue weighted by molar-refractivity contribution is 5.44. The second-order valence-electron chi connectivity index (χ2n) is 8.56. The van der Waals surface area contributed by atoms with Gasteiger partial charge in [-0.3, -0.25) is 0 Å². The minimum absolute atomic E-state index is 0.335. The molecule has 1 saturated carbocycles. The maximum Gasteiger partial charge on any atom is 0.120 e. The third-order valence-corrected chi connectivity index (χ3v) is 5.95. The molecule has 1 aliphatic carbocycles. The van der Waals surface area contributed by atoms with Crippen LogP contribution in [0.25, 0.3) is 0 Å². The quantitative estimate of drug-likeness (QED) is 0.435. The number of carbonyl (C=O) groups excluding carboxylic acids is 1. The highest BCUT2D eigenvalue weighted by Crippen LogP contribution is 2.35. The van der Waals surface area contributed by atoms with Crippen LogP contribution in [0.15, 0.2) is 36.4 Å². The monoisotopic (exact) mass is 356 g/mol. The van der Waals surface area contributed by atoms with Crippen LogP contribution in [0.2, 0.25) is 0 Å². The molecule has 146 valence electrons. The van der Waals surface area contributed by atoms with Gasteiger partial charge in [0.15, 0.2) is 0 Å². The lowest BCUT2D eigenvalue weighted by atomic mass is 9.78. The molecule has 0 aromatic heterocycles. The van der Waals surface area contributed by atoms with Crippen molar-refractivity contribution < 1.29 is 4.79 Å². The molecule has 2 rings (SSSR count). The number of hydrogen-bond acceptors (Lipinski definition) is 1. The Hall–Kier alpha value is -1.33. The van der Waals surface area contributed by atoms with Crippen LogP contribution in [0.3, 0.4) is 0 Å². The summed E-state index contributed by atoms with van der Waals surface area (Å²) < 4.78 is 0. The Morgan fingerprint density at radius 1 is 1.04 bits per heavy atom. The number of hydrogen-bond donors (Lipinski definition) is 0. The predicted octanol–water partition coefficient (Wildman–Crippen LogP) is 7.74. The fourth-order valence-electron chi connectivity index (χ4n) is 4.14. The van der Waals surface area contributed by atoms with Crippen LogP contribution >= 0.6 is 0 Å². The van der Waals surface area contributed by atoms with Crippen LogP contribution in [0, 0.1) is 11.3 Å². The van der Waals surface area contributed by atoms with Crippen molar-refractivity contribution in [2.45, 2.75) is 97.8 Å². The Kier molecular flexibility index (Phi) is 11.3. The van der Waals surface area contributed by atoms with Crippen molar-refractivity contribution in [1.82, 2.24) is 0 Å². The third-order valence-electron chi connectivity index (χ3n) is 5.95. The molecule has 1 aliphatic rings. The first-order valence-electron chi connectivity index (χ1n) is 10.8. The molecule has 1 fully saturated rings. The van der Waals surface area contributed by atoms with E-state index in [0.717, 1.165) is 18.3 Å². The van der Waals surface area contributed by atoms with Gasteiger partial charge in [-0.15, -0.1) is 0 Å². The Labute approximate surface area is 162 Å². The van der Waals surface area contributed by atoms with Gasteiger partial charge in [0, 0.05) is 6.08 Å². The zero-order chi connectivity index (χ0) is 19.3. The number of allylic oxidation sites excluding steroid dienone is 1. The molecule has 1 nitrogen and oxygen atoms in total. The van der Waals surface area contributed by atoms with Crippen molar-refractivity contribution in [3.8, 4) is 0 Å². The average molecular weight is 357 g/mol. The van der Waals surface area contributed by atoms with Gasteiger partial charge in [-0.25, -0.2) is 4.79 Å². The number of rotatable bonds is 8. The van der Waals surface area contributed by atoms with Gasteiger partial charge in [-0.05, 0) is 54.9 Å². The Morgan fingerprint density at radius 3 is 2.23 bits per heavy atom. The maximum absolute atomic E-state index is 10.1. The molecule has 1 atom stereocenters. The van der Waals surface area contributed by atoms with Gasteiger partial charge in [-0.2, -0.15) is 0 Å². The standard InChI is InChI=1S/C13H18.C12H22O/c1-11-7-9-13(10-8-11)12-5-3-2-4-6-12;1-4-6-9-12(3,8-5-2)10-7-11-13/h2-6,11,13H,7-10H2,1H3;7H,4-6,8-10H2,1-3H3. The first-order valence-corrected chi connectivity index (χ1v) is 10.8. The zero-order valence-electron chi connectivity index (χ0n) is 17.6. The molecule has 1 heteroatoms. The summed E-state index contributed by atoms with van der Waals surface area (Å²) in [4.78, 5) is 10.1. The molecule has 0 saturated heterocycles. The normalized spacial score (nSPS) is 21.7. The fraction of sp³-hybridized carbons (Fsp3) is 0.680. The Balaban J connectivity index is 0.000000260. The summed E-state index contributed by atoms with van der Waals surface area (Å²) in [6.45, 7) is 9.07. The molecule has 0 spiro atoms. The van der Waals surface area contributed by atoms with E-state index in [1.165, 1.54) is 57.8 Å². The minimum atomic E-state index is 0.335. The molecule has 0 radical (unpaired) electrons. The first kappa shape index (κ1) is 22.7. The molecular formula is C25H40O. The van der Waals surface area contributed by atoms with E-state index < -0.39 is 0 Å². The highest BCUT2D eigenvalue weighted by Gasteiger charge is 2.21. The molecule has 0 aliphatic heterocycles. The predicted molar refractivity (Wildman–Crippen MR) is 114 cm³/mol. The van der Waals surface area contributed by atoms with Crippen molar-refractivity contribution in [1.29, 1.82) is 0 Å². The third kappa shape index (κ3) is 8.86. The van der Waals surface area contributed by atoms with Crippen LogP contribution in [0.4, 0.5) is 0 Å². The summed E-state index contributed by atoms with van der Waals surface area (Å²) in [6.07, 6.45) is 14.3. The van der Waals surface area contributed by atoms with E-state index in [9.17, 15) is 4.79 Å². The van der Waals surface area contributed by atoms with E-state index in [-0.39, 0.29) is 0 Å². The Bertz CT molecular complexity index is 506. The van der Waals surface area contributed by atoms with E-state index in [4.69, 9.17) is 0 Å². The second-order valence-corrected chi connectivity index (χ2v) is 8.56. The lowest BCUT2D eigenvalue weighted by molar-refractivity contribution is 0.264. The van der Waals surface area contributed by atoms with Crippen LogP contribution in [0.5, 0.6) is 0 Å². The van der Waals surface area contributed by atoms with Gasteiger partial charge < -0.3 is 0 Å². The van der Waals surface area contributed by atoms with Crippen molar-refractivity contribution in [3.05, 3.63) is 42.0 Å². The van der Waals surface area contributed by atoms with Crippen LogP contribution < -0.4 is 0 Å². The zero-order valence-corrected chi connectivity index (χ0v) is 17.6. The minimum Gasteiger partial charge on any atom is -0.234 e. The molecule has 1 aromatic carbocycles. The molecule has 1 aromatic rings. The summed E-state index contributed by atoms with van der Waals surface area (Å²) in [6, 6.07) is 11.0. The van der Waals surface area contributed by atoms with Crippen molar-refractivity contribution in [2.24, 2.45) is 11.3 Å². The fourth-order valence-corrected chi connectivity index (χ4v) is 4.14. The second kappa shape index (κ2) is 12.9. The van der Waals surface area contributed by atoms with E-state index in [0.29, 0.717) is 5.41 Å². The Morgan fingerprint density at radius 2 is 1.69 bits per heavy atom. The van der Waals surface area contributed by atoms with Crippen molar-refractivity contribution >= 4 is 5.94 Å². The lowest BCUT2D eigenvalue weighted by Crippen LogP contribution is -2.15. The van der Waals surface area contributed by atoms with E-state index in [1.54, 1.807) is 11.6 Å². The maximum atomic E-state index is 10.1. The van der Waals surface area contributed by atoms with E-state index in [1.807, 2.05) is 5.94 Å². The van der Waals surface area contributed by atoms with E-state index >= 15 is 0 Å². The summed E-state index contributed by atoms with van der Waals surface area (Å²) in [5, 5.41) is 0. The molecule has 0 heterocycles. The van der Waals surface area contributed by atoms with Crippen LogP contribution in [-0.4, -0.2) is 5.94 Å². The van der Waals surface area contributed by atoms with Gasteiger partial charge in [0.2, 0.25) is 0 Å². The largest absolute Gasteiger partial charge is 0.234 e. The van der Waals surface area contributed by atoms with E-state index in [2.05, 4.69) is 58.0 Å². The van der Waals surface area contributed by atoms with Gasteiger partial charge in [0.1, 0.15) is 5.94 Å². The number of unbranched alkanes of at least 4 members (excludes halogenated alkanes) is 1. The summed E-state index contributed by atoms with van der Waals surface area (Å²) in [5.41, 5.74) is 1.89. The molecular weight excluding hydrogens is 316 g/mol. The molecule has 26 heavy (non-hydrogen) atoms. The summed E-state index contributed by atoms with van der Waals surface area (Å²) in [5.74, 6) is 3.69. The highest BCUT2D eigenvalue weighted by atomic mass is 16.1. The molecule has 0 bridgehead atoms. The SMILES string of the molecule is CC1CCC(c2ccccc2)CC1.CCCCC(C)(CC=C=O)CCC. The molecule has 1 unspecified atom stereocenters. The van der Waals surface area contributed by atoms with Crippen molar-refractivity contribution in [3.63, 3.8) is 0 Å². The summed E-state index contributed by atoms with van der Waals surface area (Å²) >= 11 is 0. The van der Waals surface area contributed by atoms with Crippen molar-refractivity contribution in [2.75, 3.05) is 0 Å². The first-order chi connectivity index (χ1) is 12.5. The average Bonchev–Trinajstić information content (AvgIpc) is 2.67. The van der Waals surface area contributed by atoms with Crippen LogP contribution in [-0.2, 0) is 4.79 Å². The number of benzene rings is 1. The van der Waals surface area contributed by atoms with Gasteiger partial charge in [0.25, 0.3) is 0 Å². The van der Waals surface area contributed by atoms with Gasteiger partial charge in [-0.1, -0.05) is 90.1 Å². The summed E-state index contributed by atoms with van der Waals surface area (Å²) in [7, 11) is 0. The van der Waals surface area contributed by atoms with Gasteiger partial charge in [0.05, 0.1) is 0 Å². The molecule has 0 N–H and O–H groups in total. The van der Waals surface area contributed by atoms with Gasteiger partial charge >= 0.3 is 0 Å². The lowest BCUT2D eigenvalue weighted by Gasteiger charge is -2.27. The van der Waals surface area contributed by atoms with Crippen LogP contribution in [0.1, 0.15) is 103 Å².